The zero-order valence-electron chi connectivity index (χ0n) is 17.3. The summed E-state index contributed by atoms with van der Waals surface area (Å²) in [6, 6.07) is 5.73. The molecule has 1 saturated heterocycles. The Hall–Kier alpha value is -2.78. The molecule has 3 nitrogen and oxygen atoms in total. The molecule has 1 fully saturated rings. The molecule has 2 aromatic carbocycles. The maximum atomic E-state index is 13.5. The van der Waals surface area contributed by atoms with E-state index in [4.69, 9.17) is 0 Å². The first-order valence-corrected chi connectivity index (χ1v) is 9.88. The van der Waals surface area contributed by atoms with Crippen molar-refractivity contribution in [2.24, 2.45) is 5.92 Å². The van der Waals surface area contributed by atoms with Crippen molar-refractivity contribution in [1.29, 1.82) is 0 Å². The molecule has 0 aromatic heterocycles. The normalized spacial score (nSPS) is 15.7. The van der Waals surface area contributed by atoms with E-state index in [9.17, 15) is 35.5 Å². The molecule has 1 aliphatic rings. The van der Waals surface area contributed by atoms with Crippen LogP contribution in [0.5, 0.6) is 0 Å². The van der Waals surface area contributed by atoms with Gasteiger partial charge in [-0.3, -0.25) is 4.79 Å². The number of benzene rings is 2. The van der Waals surface area contributed by atoms with Gasteiger partial charge in [-0.15, -0.1) is 0 Å². The number of piperidine rings is 1. The van der Waals surface area contributed by atoms with Crippen LogP contribution < -0.4 is 10.2 Å². The van der Waals surface area contributed by atoms with E-state index in [1.54, 1.807) is 0 Å². The first-order chi connectivity index (χ1) is 14.8. The highest BCUT2D eigenvalue weighted by Gasteiger charge is 2.42. The second-order valence-corrected chi connectivity index (χ2v) is 7.90. The summed E-state index contributed by atoms with van der Waals surface area (Å²) in [4.78, 5) is 14.3. The highest BCUT2D eigenvalue weighted by Crippen LogP contribution is 2.40. The third-order valence-corrected chi connectivity index (χ3v) is 5.61. The number of hydrogen-bond donors (Lipinski definition) is 1. The van der Waals surface area contributed by atoms with Crippen LogP contribution in [0.15, 0.2) is 30.3 Å². The minimum absolute atomic E-state index is 0.0834. The minimum Gasteiger partial charge on any atom is -0.371 e. The molecule has 0 aliphatic carbocycles. The number of hydrogen-bond acceptors (Lipinski definition) is 2. The maximum absolute atomic E-state index is 13.5. The van der Waals surface area contributed by atoms with Crippen LogP contribution in [0, 0.1) is 25.6 Å². The van der Waals surface area contributed by atoms with Crippen molar-refractivity contribution in [3.05, 3.63) is 58.4 Å². The predicted molar refractivity (Wildman–Crippen MR) is 106 cm³/mol. The van der Waals surface area contributed by atoms with Gasteiger partial charge in [-0.25, -0.2) is 4.39 Å². The topological polar surface area (TPSA) is 32.3 Å². The monoisotopic (exact) mass is 462 g/mol. The summed E-state index contributed by atoms with van der Waals surface area (Å²) in [6.45, 7) is 2.42. The van der Waals surface area contributed by atoms with Crippen molar-refractivity contribution in [2.75, 3.05) is 23.3 Å². The molecule has 0 bridgehead atoms. The van der Waals surface area contributed by atoms with Gasteiger partial charge in [0.15, 0.2) is 0 Å². The Morgan fingerprint density at radius 1 is 0.969 bits per heavy atom. The van der Waals surface area contributed by atoms with Gasteiger partial charge in [0.2, 0.25) is 0 Å². The second-order valence-electron chi connectivity index (χ2n) is 7.90. The van der Waals surface area contributed by atoms with Crippen molar-refractivity contribution in [2.45, 2.75) is 39.0 Å². The molecule has 1 N–H and O–H groups in total. The summed E-state index contributed by atoms with van der Waals surface area (Å²) in [7, 11) is 0. The van der Waals surface area contributed by atoms with Crippen LogP contribution in [0.4, 0.5) is 42.1 Å². The number of aryl methyl sites for hydroxylation is 2. The lowest BCUT2D eigenvalue weighted by Gasteiger charge is -2.35. The molecule has 3 rings (SSSR count). The van der Waals surface area contributed by atoms with Gasteiger partial charge < -0.3 is 10.2 Å². The first-order valence-electron chi connectivity index (χ1n) is 9.88. The third kappa shape index (κ3) is 5.16. The molecular weight excluding hydrogens is 441 g/mol. The molecule has 1 aliphatic heterocycles. The van der Waals surface area contributed by atoms with Gasteiger partial charge in [0.05, 0.1) is 22.7 Å². The Labute approximate surface area is 180 Å². The van der Waals surface area contributed by atoms with E-state index in [1.807, 2.05) is 0 Å². The van der Waals surface area contributed by atoms with Crippen LogP contribution in [0.25, 0.3) is 0 Å². The quantitative estimate of drug-likeness (QED) is 0.529. The molecule has 0 radical (unpaired) electrons. The third-order valence-electron chi connectivity index (χ3n) is 5.61. The average Bonchev–Trinajstić information content (AvgIpc) is 2.69. The van der Waals surface area contributed by atoms with Gasteiger partial charge in [0.1, 0.15) is 5.82 Å². The molecular formula is C22H21F7N2O. The summed E-state index contributed by atoms with van der Waals surface area (Å²) < 4.78 is 92.9. The van der Waals surface area contributed by atoms with Gasteiger partial charge in [0.25, 0.3) is 5.91 Å². The Morgan fingerprint density at radius 2 is 1.59 bits per heavy atom. The predicted octanol–water partition coefficient (Wildman–Crippen LogP) is 6.49. The molecule has 32 heavy (non-hydrogen) atoms. The second kappa shape index (κ2) is 8.63. The lowest BCUT2D eigenvalue weighted by atomic mass is 9.94. The van der Waals surface area contributed by atoms with Crippen molar-refractivity contribution < 1.29 is 35.5 Å². The molecule has 174 valence electrons. The van der Waals surface area contributed by atoms with Crippen molar-refractivity contribution in [1.82, 2.24) is 0 Å². The number of rotatable bonds is 3. The molecule has 0 spiro atoms. The molecule has 2 aromatic rings. The number of halogens is 7. The van der Waals surface area contributed by atoms with Crippen LogP contribution in [-0.2, 0) is 6.18 Å². The molecule has 0 unspecified atom stereocenters. The van der Waals surface area contributed by atoms with Crippen LogP contribution in [-0.4, -0.2) is 25.2 Å². The fourth-order valence-electron chi connectivity index (χ4n) is 3.81. The van der Waals surface area contributed by atoms with Gasteiger partial charge in [-0.2, -0.15) is 26.3 Å². The Bertz CT molecular complexity index is 1010. The van der Waals surface area contributed by atoms with Crippen LogP contribution >= 0.6 is 0 Å². The molecule has 1 amide bonds. The van der Waals surface area contributed by atoms with Crippen molar-refractivity contribution in [3.63, 3.8) is 0 Å². The average molecular weight is 462 g/mol. The number of nitrogens with one attached hydrogen (secondary N) is 1. The van der Waals surface area contributed by atoms with Gasteiger partial charge in [-0.05, 0) is 68.1 Å². The highest BCUT2D eigenvalue weighted by molar-refractivity contribution is 6.08. The Kier molecular flexibility index (Phi) is 6.44. The van der Waals surface area contributed by atoms with Gasteiger partial charge >= 0.3 is 12.4 Å². The van der Waals surface area contributed by atoms with E-state index in [0.717, 1.165) is 18.2 Å². The Balaban J connectivity index is 1.96. The fourth-order valence-corrected chi connectivity index (χ4v) is 3.81. The SMILES string of the molecule is Cc1cc(NC(=O)c2cc(C)c(C(F)(F)F)cc2N2CCC(C(F)(F)F)CC2)ccc1F. The summed E-state index contributed by atoms with van der Waals surface area (Å²) in [5.41, 5.74) is -0.816. The molecule has 1 heterocycles. The minimum atomic E-state index is -4.69. The zero-order valence-corrected chi connectivity index (χ0v) is 17.3. The van der Waals surface area contributed by atoms with E-state index >= 15 is 0 Å². The number of alkyl halides is 6. The van der Waals surface area contributed by atoms with E-state index in [2.05, 4.69) is 5.32 Å². The summed E-state index contributed by atoms with van der Waals surface area (Å²) >= 11 is 0. The lowest BCUT2D eigenvalue weighted by molar-refractivity contribution is -0.179. The summed E-state index contributed by atoms with van der Waals surface area (Å²) in [5.74, 6) is -2.76. The lowest BCUT2D eigenvalue weighted by Crippen LogP contribution is -2.40. The van der Waals surface area contributed by atoms with Crippen LogP contribution in [0.1, 0.15) is 39.9 Å². The number of nitrogens with zero attached hydrogens (tertiary/aromatic N) is 1. The van der Waals surface area contributed by atoms with Crippen molar-refractivity contribution in [3.8, 4) is 0 Å². The van der Waals surface area contributed by atoms with E-state index in [-0.39, 0.29) is 54.0 Å². The Morgan fingerprint density at radius 3 is 2.12 bits per heavy atom. The number of anilines is 2. The highest BCUT2D eigenvalue weighted by atomic mass is 19.4. The molecule has 10 heteroatoms. The van der Waals surface area contributed by atoms with Gasteiger partial charge in [-0.1, -0.05) is 0 Å². The standard InChI is InChI=1S/C22H21F7N2O/c1-12-10-16(20(32)30-15-3-4-18(23)13(2)9-15)19(11-17(12)22(27,28)29)31-7-5-14(6-8-31)21(24,25)26/h3-4,9-11,14H,5-8H2,1-2H3,(H,30,32). The number of amides is 1. The summed E-state index contributed by atoms with van der Waals surface area (Å²) in [6.07, 6.45) is -9.63. The van der Waals surface area contributed by atoms with Crippen LogP contribution in [0.3, 0.4) is 0 Å². The zero-order chi connectivity index (χ0) is 23.8. The maximum Gasteiger partial charge on any atom is 0.416 e. The first kappa shape index (κ1) is 23.9. The fraction of sp³-hybridized carbons (Fsp3) is 0.409. The molecule has 0 saturated carbocycles. The number of carbonyl (C=O) groups excluding carboxylic acids is 1. The van der Waals surface area contributed by atoms with E-state index < -0.39 is 35.6 Å². The summed E-state index contributed by atoms with van der Waals surface area (Å²) in [5, 5.41) is 2.53. The smallest absolute Gasteiger partial charge is 0.371 e. The van der Waals surface area contributed by atoms with Gasteiger partial charge in [0, 0.05) is 18.8 Å². The van der Waals surface area contributed by atoms with Crippen molar-refractivity contribution >= 4 is 17.3 Å². The van der Waals surface area contributed by atoms with E-state index in [0.29, 0.717) is 0 Å². The largest absolute Gasteiger partial charge is 0.416 e. The number of carbonyl (C=O) groups is 1. The van der Waals surface area contributed by atoms with Crippen LogP contribution in [0.2, 0.25) is 0 Å². The molecule has 0 atom stereocenters. The van der Waals surface area contributed by atoms with E-state index in [1.165, 1.54) is 30.9 Å².